The first-order chi connectivity index (χ1) is 8.16. The van der Waals surface area contributed by atoms with Crippen LogP contribution in [0.15, 0.2) is 18.5 Å². The number of pyridine rings is 1. The molecule has 1 saturated heterocycles. The van der Waals surface area contributed by atoms with E-state index in [1.165, 1.54) is 12.3 Å². The van der Waals surface area contributed by atoms with Crippen molar-refractivity contribution >= 4 is 17.5 Å². The molecule has 0 radical (unpaired) electrons. The van der Waals surface area contributed by atoms with Gasteiger partial charge in [0, 0.05) is 19.2 Å². The van der Waals surface area contributed by atoms with Gasteiger partial charge < -0.3 is 10.6 Å². The molecule has 17 heavy (non-hydrogen) atoms. The first kappa shape index (κ1) is 11.5. The molecule has 6 heteroatoms. The Balaban J connectivity index is 1.98. The third-order valence-corrected chi connectivity index (χ3v) is 2.67. The third-order valence-electron chi connectivity index (χ3n) is 2.67. The van der Waals surface area contributed by atoms with Crippen LogP contribution >= 0.6 is 0 Å². The molecule has 90 valence electrons. The van der Waals surface area contributed by atoms with Gasteiger partial charge in [0.25, 0.3) is 0 Å². The number of rotatable bonds is 2. The van der Waals surface area contributed by atoms with Gasteiger partial charge in [0.1, 0.15) is 0 Å². The average Bonchev–Trinajstić information content (AvgIpc) is 2.33. The maximum absolute atomic E-state index is 13.2. The van der Waals surface area contributed by atoms with Gasteiger partial charge in [-0.3, -0.25) is 14.6 Å². The fourth-order valence-corrected chi connectivity index (χ4v) is 1.67. The Morgan fingerprint density at radius 3 is 3.06 bits per heavy atom. The van der Waals surface area contributed by atoms with Crippen LogP contribution in [0.1, 0.15) is 12.8 Å². The summed E-state index contributed by atoms with van der Waals surface area (Å²) in [6.07, 6.45) is 3.26. The van der Waals surface area contributed by atoms with Crippen molar-refractivity contribution in [2.45, 2.75) is 12.8 Å². The number of aromatic nitrogens is 1. The second-order valence-electron chi connectivity index (χ2n) is 3.88. The maximum atomic E-state index is 13.2. The second kappa shape index (κ2) is 4.90. The molecule has 2 rings (SSSR count). The number of anilines is 1. The van der Waals surface area contributed by atoms with Gasteiger partial charge in [-0.2, -0.15) is 0 Å². The van der Waals surface area contributed by atoms with Crippen molar-refractivity contribution in [1.82, 2.24) is 10.3 Å². The normalized spacial score (nSPS) is 19.6. The highest BCUT2D eigenvalue weighted by Crippen LogP contribution is 2.16. The monoisotopic (exact) mass is 237 g/mol. The number of nitrogens with one attached hydrogen (secondary N) is 2. The molecule has 1 unspecified atom stereocenters. The first-order valence-corrected chi connectivity index (χ1v) is 5.34. The first-order valence-electron chi connectivity index (χ1n) is 5.34. The molecule has 5 nitrogen and oxygen atoms in total. The van der Waals surface area contributed by atoms with Gasteiger partial charge >= 0.3 is 0 Å². The molecule has 1 aliphatic heterocycles. The Morgan fingerprint density at radius 1 is 1.59 bits per heavy atom. The lowest BCUT2D eigenvalue weighted by molar-refractivity contribution is -0.126. The standard InChI is InChI=1S/C11H12FN3O2/c12-8-6-13-4-3-9(8)15-11(17)7-1-2-10(16)14-5-7/h3-4,6-7H,1-2,5H2,(H,14,16)(H,13,15,17). The van der Waals surface area contributed by atoms with Crippen molar-refractivity contribution in [3.8, 4) is 0 Å². The summed E-state index contributed by atoms with van der Waals surface area (Å²) in [4.78, 5) is 26.3. The lowest BCUT2D eigenvalue weighted by atomic mass is 9.98. The molecule has 2 amide bonds. The van der Waals surface area contributed by atoms with Gasteiger partial charge in [-0.15, -0.1) is 0 Å². The molecule has 0 spiro atoms. The van der Waals surface area contributed by atoms with Crippen LogP contribution in [0.3, 0.4) is 0 Å². The van der Waals surface area contributed by atoms with Crippen LogP contribution in [0.5, 0.6) is 0 Å². The smallest absolute Gasteiger partial charge is 0.229 e. The van der Waals surface area contributed by atoms with Crippen LogP contribution in [0.4, 0.5) is 10.1 Å². The molecule has 0 aromatic carbocycles. The van der Waals surface area contributed by atoms with E-state index in [1.54, 1.807) is 0 Å². The molecule has 0 aliphatic carbocycles. The molecule has 1 fully saturated rings. The fraction of sp³-hybridized carbons (Fsp3) is 0.364. The molecular weight excluding hydrogens is 225 g/mol. The van der Waals surface area contributed by atoms with E-state index >= 15 is 0 Å². The number of hydrogen-bond acceptors (Lipinski definition) is 3. The van der Waals surface area contributed by atoms with Crippen LogP contribution < -0.4 is 10.6 Å². The van der Waals surface area contributed by atoms with Crippen LogP contribution in [0, 0.1) is 11.7 Å². The summed E-state index contributed by atoms with van der Waals surface area (Å²) in [5, 5.41) is 5.10. The molecule has 2 N–H and O–H groups in total. The highest BCUT2D eigenvalue weighted by atomic mass is 19.1. The van der Waals surface area contributed by atoms with Crippen molar-refractivity contribution in [1.29, 1.82) is 0 Å². The quantitative estimate of drug-likeness (QED) is 0.794. The van der Waals surface area contributed by atoms with Gasteiger partial charge in [0.2, 0.25) is 11.8 Å². The SMILES string of the molecule is O=C1CCC(C(=O)Nc2ccncc2F)CN1. The molecule has 1 atom stereocenters. The van der Waals surface area contributed by atoms with E-state index in [9.17, 15) is 14.0 Å². The van der Waals surface area contributed by atoms with E-state index in [0.717, 1.165) is 6.20 Å². The maximum Gasteiger partial charge on any atom is 0.229 e. The Bertz CT molecular complexity index is 440. The summed E-state index contributed by atoms with van der Waals surface area (Å²) >= 11 is 0. The van der Waals surface area contributed by atoms with Crippen molar-refractivity contribution in [2.75, 3.05) is 11.9 Å². The molecule has 0 saturated carbocycles. The van der Waals surface area contributed by atoms with Gasteiger partial charge in [-0.1, -0.05) is 0 Å². The van der Waals surface area contributed by atoms with E-state index < -0.39 is 5.82 Å². The van der Waals surface area contributed by atoms with Crippen molar-refractivity contribution in [2.24, 2.45) is 5.92 Å². The zero-order chi connectivity index (χ0) is 12.3. The number of piperidine rings is 1. The molecule has 1 aliphatic rings. The number of amides is 2. The predicted molar refractivity (Wildman–Crippen MR) is 58.6 cm³/mol. The topological polar surface area (TPSA) is 71.1 Å². The molecule has 1 aromatic rings. The summed E-state index contributed by atoms with van der Waals surface area (Å²) < 4.78 is 13.2. The lowest BCUT2D eigenvalue weighted by Crippen LogP contribution is -2.40. The number of carbonyl (C=O) groups excluding carboxylic acids is 2. The molecular formula is C11H12FN3O2. The highest BCUT2D eigenvalue weighted by Gasteiger charge is 2.24. The fourth-order valence-electron chi connectivity index (χ4n) is 1.67. The molecule has 1 aromatic heterocycles. The Hall–Kier alpha value is -1.98. The molecule has 2 heterocycles. The minimum atomic E-state index is -0.569. The lowest BCUT2D eigenvalue weighted by Gasteiger charge is -2.21. The molecule has 0 bridgehead atoms. The highest BCUT2D eigenvalue weighted by molar-refractivity contribution is 5.94. The van der Waals surface area contributed by atoms with Gasteiger partial charge in [-0.05, 0) is 12.5 Å². The summed E-state index contributed by atoms with van der Waals surface area (Å²) in [7, 11) is 0. The summed E-state index contributed by atoms with van der Waals surface area (Å²) in [5.74, 6) is -1.21. The van der Waals surface area contributed by atoms with Crippen molar-refractivity contribution in [3.63, 3.8) is 0 Å². The Labute approximate surface area is 97.4 Å². The van der Waals surface area contributed by atoms with E-state index in [0.29, 0.717) is 19.4 Å². The Kier molecular flexibility index (Phi) is 3.32. The number of carbonyl (C=O) groups is 2. The average molecular weight is 237 g/mol. The van der Waals surface area contributed by atoms with Crippen LogP contribution in [0.2, 0.25) is 0 Å². The van der Waals surface area contributed by atoms with Gasteiger partial charge in [0.15, 0.2) is 5.82 Å². The van der Waals surface area contributed by atoms with Crippen LogP contribution in [0.25, 0.3) is 0 Å². The largest absolute Gasteiger partial charge is 0.355 e. The van der Waals surface area contributed by atoms with E-state index in [2.05, 4.69) is 15.6 Å². The van der Waals surface area contributed by atoms with E-state index in [-0.39, 0.29) is 23.4 Å². The summed E-state index contributed by atoms with van der Waals surface area (Å²) in [5.41, 5.74) is 0.113. The van der Waals surface area contributed by atoms with Crippen LogP contribution in [-0.4, -0.2) is 23.3 Å². The summed E-state index contributed by atoms with van der Waals surface area (Å²) in [6, 6.07) is 1.40. The number of halogens is 1. The van der Waals surface area contributed by atoms with E-state index in [4.69, 9.17) is 0 Å². The Morgan fingerprint density at radius 2 is 2.41 bits per heavy atom. The number of nitrogens with zero attached hydrogens (tertiary/aromatic N) is 1. The zero-order valence-corrected chi connectivity index (χ0v) is 9.07. The minimum absolute atomic E-state index is 0.0517. The van der Waals surface area contributed by atoms with Crippen molar-refractivity contribution in [3.05, 3.63) is 24.3 Å². The van der Waals surface area contributed by atoms with Crippen molar-refractivity contribution < 1.29 is 14.0 Å². The minimum Gasteiger partial charge on any atom is -0.355 e. The zero-order valence-electron chi connectivity index (χ0n) is 9.07. The third kappa shape index (κ3) is 2.77. The predicted octanol–water partition coefficient (Wildman–Crippen LogP) is 0.685. The van der Waals surface area contributed by atoms with Gasteiger partial charge in [0.05, 0.1) is 17.8 Å². The second-order valence-corrected chi connectivity index (χ2v) is 3.88. The summed E-state index contributed by atoms with van der Waals surface area (Å²) in [6.45, 7) is 0.303. The van der Waals surface area contributed by atoms with Crippen LogP contribution in [-0.2, 0) is 9.59 Å². The number of hydrogen-bond donors (Lipinski definition) is 2. The van der Waals surface area contributed by atoms with E-state index in [1.807, 2.05) is 0 Å². The van der Waals surface area contributed by atoms with Gasteiger partial charge in [-0.25, -0.2) is 4.39 Å².